The number of hydrogen-bond donors (Lipinski definition) is 0. The van der Waals surface area contributed by atoms with Crippen LogP contribution in [0, 0.1) is 16.7 Å². The van der Waals surface area contributed by atoms with Crippen LogP contribution in [0.2, 0.25) is 0 Å². The Morgan fingerprint density at radius 1 is 1.19 bits per heavy atom. The number of Topliss-reactive ketones (excluding diaryl/α,β-unsaturated/α-hetero) is 1. The highest BCUT2D eigenvalue weighted by atomic mass is 16.6. The SMILES string of the molecule is CC(=O)OC1=C[C@@]2(CCC(=O)C[C@H]2O[C@@H]2C[C@@H]3CC[C@@]2(C)C3(C)C)OC1=O. The van der Waals surface area contributed by atoms with Crippen molar-refractivity contribution in [3.05, 3.63) is 11.8 Å². The zero-order valence-electron chi connectivity index (χ0n) is 16.5. The molecule has 3 aliphatic carbocycles. The van der Waals surface area contributed by atoms with Gasteiger partial charge in [0, 0.05) is 32.3 Å². The van der Waals surface area contributed by atoms with Gasteiger partial charge in [0.05, 0.1) is 6.10 Å². The van der Waals surface area contributed by atoms with Crippen LogP contribution in [0.15, 0.2) is 11.8 Å². The van der Waals surface area contributed by atoms with Crippen LogP contribution in [-0.4, -0.2) is 35.5 Å². The van der Waals surface area contributed by atoms with Crippen molar-refractivity contribution in [1.29, 1.82) is 0 Å². The van der Waals surface area contributed by atoms with Gasteiger partial charge in [-0.05, 0) is 36.0 Å². The monoisotopic (exact) mass is 376 g/mol. The molecule has 5 atom stereocenters. The Kier molecular flexibility index (Phi) is 4.08. The smallest absolute Gasteiger partial charge is 0.375 e. The highest BCUT2D eigenvalue weighted by Gasteiger charge is 2.63. The third kappa shape index (κ3) is 2.67. The maximum Gasteiger partial charge on any atom is 0.375 e. The number of hydrogen-bond acceptors (Lipinski definition) is 6. The molecule has 1 spiro atoms. The maximum atomic E-state index is 12.2. The molecule has 0 N–H and O–H groups in total. The summed E-state index contributed by atoms with van der Waals surface area (Å²) in [4.78, 5) is 35.7. The molecule has 3 saturated carbocycles. The number of esters is 2. The highest BCUT2D eigenvalue weighted by Crippen LogP contribution is 2.66. The second-order valence-electron chi connectivity index (χ2n) is 9.41. The van der Waals surface area contributed by atoms with Gasteiger partial charge < -0.3 is 14.2 Å². The Labute approximate surface area is 159 Å². The second kappa shape index (κ2) is 5.90. The molecular formula is C21H28O6. The average Bonchev–Trinajstić information content (AvgIpc) is 3.06. The standard InChI is InChI=1S/C21H28O6/c1-12(22)25-15-11-21(27-18(15)24)8-6-14(23)10-17(21)26-16-9-13-5-7-20(16,4)19(13,2)3/h11,13,16-17H,5-10H2,1-4H3/t13-,16+,17+,20+,21+/m0/s1. The third-order valence-electron chi connectivity index (χ3n) is 7.91. The Morgan fingerprint density at radius 2 is 1.93 bits per heavy atom. The van der Waals surface area contributed by atoms with E-state index in [-0.39, 0.29) is 34.9 Å². The van der Waals surface area contributed by atoms with Gasteiger partial charge in [-0.3, -0.25) is 9.59 Å². The fourth-order valence-electron chi connectivity index (χ4n) is 5.72. The van der Waals surface area contributed by atoms with Crippen molar-refractivity contribution in [3.8, 4) is 0 Å². The predicted molar refractivity (Wildman–Crippen MR) is 95.4 cm³/mol. The molecule has 0 unspecified atom stereocenters. The molecule has 0 aromatic rings. The van der Waals surface area contributed by atoms with E-state index in [4.69, 9.17) is 14.2 Å². The summed E-state index contributed by atoms with van der Waals surface area (Å²) in [7, 11) is 0. The molecule has 0 radical (unpaired) electrons. The maximum absolute atomic E-state index is 12.2. The summed E-state index contributed by atoms with van der Waals surface area (Å²) in [6, 6.07) is 0. The molecule has 0 saturated heterocycles. The van der Waals surface area contributed by atoms with Gasteiger partial charge in [0.1, 0.15) is 11.9 Å². The summed E-state index contributed by atoms with van der Waals surface area (Å²) < 4.78 is 17.2. The van der Waals surface area contributed by atoms with Crippen molar-refractivity contribution in [2.75, 3.05) is 0 Å². The van der Waals surface area contributed by atoms with E-state index < -0.39 is 23.6 Å². The molecule has 0 aromatic carbocycles. The molecule has 4 aliphatic rings. The van der Waals surface area contributed by atoms with E-state index in [1.807, 2.05) is 0 Å². The van der Waals surface area contributed by atoms with Crippen molar-refractivity contribution in [3.63, 3.8) is 0 Å². The summed E-state index contributed by atoms with van der Waals surface area (Å²) in [5.41, 5.74) is -0.781. The minimum atomic E-state index is -1.02. The van der Waals surface area contributed by atoms with Gasteiger partial charge in [-0.1, -0.05) is 20.8 Å². The zero-order valence-corrected chi connectivity index (χ0v) is 16.5. The van der Waals surface area contributed by atoms with Crippen molar-refractivity contribution in [1.82, 2.24) is 0 Å². The largest absolute Gasteiger partial charge is 0.446 e. The van der Waals surface area contributed by atoms with Crippen molar-refractivity contribution >= 4 is 17.7 Å². The number of rotatable bonds is 3. The first-order chi connectivity index (χ1) is 12.6. The van der Waals surface area contributed by atoms with Crippen LogP contribution in [-0.2, 0) is 28.6 Å². The molecule has 1 aliphatic heterocycles. The van der Waals surface area contributed by atoms with Crippen molar-refractivity contribution in [2.45, 2.75) is 84.0 Å². The van der Waals surface area contributed by atoms with Gasteiger partial charge in [-0.15, -0.1) is 0 Å². The van der Waals surface area contributed by atoms with Crippen molar-refractivity contribution in [2.24, 2.45) is 16.7 Å². The Bertz CT molecular complexity index is 737. The van der Waals surface area contributed by atoms with Gasteiger partial charge in [0.2, 0.25) is 5.76 Å². The molecule has 6 nitrogen and oxygen atoms in total. The third-order valence-corrected chi connectivity index (χ3v) is 7.91. The minimum absolute atomic E-state index is 0.0314. The number of ether oxygens (including phenoxy) is 3. The molecule has 4 rings (SSSR count). The lowest BCUT2D eigenvalue weighted by Crippen LogP contribution is -2.51. The van der Waals surface area contributed by atoms with Crippen LogP contribution in [0.5, 0.6) is 0 Å². The van der Waals surface area contributed by atoms with Crippen LogP contribution < -0.4 is 0 Å². The number of ketones is 1. The lowest BCUT2D eigenvalue weighted by molar-refractivity contribution is -0.187. The summed E-state index contributed by atoms with van der Waals surface area (Å²) >= 11 is 0. The van der Waals surface area contributed by atoms with Gasteiger partial charge >= 0.3 is 11.9 Å². The van der Waals surface area contributed by atoms with Gasteiger partial charge in [0.15, 0.2) is 5.60 Å². The first-order valence-corrected chi connectivity index (χ1v) is 9.89. The molecule has 0 amide bonds. The molecular weight excluding hydrogens is 348 g/mol. The molecule has 6 heteroatoms. The van der Waals surface area contributed by atoms with E-state index in [0.29, 0.717) is 18.8 Å². The fourth-order valence-corrected chi connectivity index (χ4v) is 5.72. The number of carbonyl (C=O) groups excluding carboxylic acids is 3. The molecule has 0 aromatic heterocycles. The van der Waals surface area contributed by atoms with E-state index in [9.17, 15) is 14.4 Å². The Balaban J connectivity index is 1.61. The second-order valence-corrected chi connectivity index (χ2v) is 9.41. The summed E-state index contributed by atoms with van der Waals surface area (Å²) in [5.74, 6) is -0.593. The van der Waals surface area contributed by atoms with Crippen molar-refractivity contribution < 1.29 is 28.6 Å². The predicted octanol–water partition coefficient (Wildman–Crippen LogP) is 3.08. The first kappa shape index (κ1) is 18.7. The number of fused-ring (bicyclic) bond motifs is 2. The fraction of sp³-hybridized carbons (Fsp3) is 0.762. The van der Waals surface area contributed by atoms with Gasteiger partial charge in [-0.25, -0.2) is 4.79 Å². The minimum Gasteiger partial charge on any atom is -0.446 e. The molecule has 3 fully saturated rings. The van der Waals surface area contributed by atoms with Crippen LogP contribution >= 0.6 is 0 Å². The molecule has 148 valence electrons. The lowest BCUT2D eigenvalue weighted by atomic mass is 9.69. The summed E-state index contributed by atoms with van der Waals surface area (Å²) in [6.07, 6.45) is 5.26. The van der Waals surface area contributed by atoms with E-state index in [0.717, 1.165) is 12.8 Å². The molecule has 27 heavy (non-hydrogen) atoms. The summed E-state index contributed by atoms with van der Waals surface area (Å²) in [6.45, 7) is 8.15. The topological polar surface area (TPSA) is 78.9 Å². The van der Waals surface area contributed by atoms with Gasteiger partial charge in [-0.2, -0.15) is 0 Å². The van der Waals surface area contributed by atoms with E-state index in [2.05, 4.69) is 20.8 Å². The highest BCUT2D eigenvalue weighted by molar-refractivity contribution is 5.92. The average molecular weight is 376 g/mol. The quantitative estimate of drug-likeness (QED) is 0.705. The Hall–Kier alpha value is -1.69. The van der Waals surface area contributed by atoms with E-state index in [1.165, 1.54) is 13.3 Å². The summed E-state index contributed by atoms with van der Waals surface area (Å²) in [5, 5.41) is 0. The van der Waals surface area contributed by atoms with Gasteiger partial charge in [0.25, 0.3) is 0 Å². The van der Waals surface area contributed by atoms with Crippen LogP contribution in [0.25, 0.3) is 0 Å². The Morgan fingerprint density at radius 3 is 2.52 bits per heavy atom. The van der Waals surface area contributed by atoms with Crippen LogP contribution in [0.1, 0.15) is 66.2 Å². The normalized spacial score (nSPS) is 42.4. The molecule has 2 bridgehead atoms. The van der Waals surface area contributed by atoms with E-state index >= 15 is 0 Å². The first-order valence-electron chi connectivity index (χ1n) is 9.89. The van der Waals surface area contributed by atoms with Crippen LogP contribution in [0.4, 0.5) is 0 Å². The zero-order chi connectivity index (χ0) is 19.6. The molecule has 1 heterocycles. The van der Waals surface area contributed by atoms with E-state index in [1.54, 1.807) is 6.08 Å². The lowest BCUT2D eigenvalue weighted by Gasteiger charge is -2.44. The number of carbonyl (C=O) groups is 3. The van der Waals surface area contributed by atoms with Crippen LogP contribution in [0.3, 0.4) is 0 Å².